The molecular weight excluding hydrogens is 324 g/mol. The van der Waals surface area contributed by atoms with E-state index in [1.807, 2.05) is 17.9 Å². The summed E-state index contributed by atoms with van der Waals surface area (Å²) in [6.45, 7) is 7.07. The molecule has 1 aromatic heterocycles. The molecule has 0 aliphatic carbocycles. The Kier molecular flexibility index (Phi) is 4.81. The zero-order valence-corrected chi connectivity index (χ0v) is 15.6. The molecule has 2 saturated heterocycles. The predicted molar refractivity (Wildman–Crippen MR) is 102 cm³/mol. The zero-order valence-electron chi connectivity index (χ0n) is 15.6. The highest BCUT2D eigenvalue weighted by Gasteiger charge is 2.43. The molecule has 5 heteroatoms. The van der Waals surface area contributed by atoms with Crippen LogP contribution in [0.1, 0.15) is 41.0 Å². The molecule has 3 heterocycles. The highest BCUT2D eigenvalue weighted by molar-refractivity contribution is 5.92. The van der Waals surface area contributed by atoms with Crippen molar-refractivity contribution in [2.45, 2.75) is 32.6 Å². The van der Waals surface area contributed by atoms with Crippen LogP contribution >= 0.6 is 0 Å². The minimum absolute atomic E-state index is 0.0765. The quantitative estimate of drug-likeness (QED) is 0.920. The number of benzene rings is 1. The lowest BCUT2D eigenvalue weighted by atomic mass is 9.79. The topological polar surface area (TPSA) is 52.2 Å². The van der Waals surface area contributed by atoms with Crippen LogP contribution in [0.4, 0.5) is 0 Å². The van der Waals surface area contributed by atoms with Gasteiger partial charge < -0.3 is 9.80 Å². The van der Waals surface area contributed by atoms with Crippen molar-refractivity contribution >= 4 is 5.91 Å². The standard InChI is InChI=1S/C21H28N4O/c1-17-14-19(23-22-17)20(26)25-13-10-21(16-25)9-5-11-24(15-21)12-8-18-6-3-2-4-7-18/h2-4,6-7,14H,5,8-13,15-16H2,1H3,(H,22,23)/t21-/m1/s1. The van der Waals surface area contributed by atoms with Gasteiger partial charge in [0, 0.05) is 37.3 Å². The summed E-state index contributed by atoms with van der Waals surface area (Å²) in [5.74, 6) is 0.0765. The van der Waals surface area contributed by atoms with Crippen molar-refractivity contribution in [1.29, 1.82) is 0 Å². The van der Waals surface area contributed by atoms with E-state index in [2.05, 4.69) is 45.4 Å². The summed E-state index contributed by atoms with van der Waals surface area (Å²) in [6.07, 6.45) is 4.69. The van der Waals surface area contributed by atoms with E-state index >= 15 is 0 Å². The van der Waals surface area contributed by atoms with Crippen LogP contribution in [0.2, 0.25) is 0 Å². The van der Waals surface area contributed by atoms with E-state index in [-0.39, 0.29) is 11.3 Å². The number of aromatic nitrogens is 2. The van der Waals surface area contributed by atoms with Crippen molar-refractivity contribution in [2.24, 2.45) is 5.41 Å². The Bertz CT molecular complexity index is 756. The van der Waals surface area contributed by atoms with Gasteiger partial charge in [0.05, 0.1) is 0 Å². The fraction of sp³-hybridized carbons (Fsp3) is 0.524. The average molecular weight is 352 g/mol. The maximum Gasteiger partial charge on any atom is 0.274 e. The highest BCUT2D eigenvalue weighted by Crippen LogP contribution is 2.39. The number of hydrogen-bond donors (Lipinski definition) is 1. The summed E-state index contributed by atoms with van der Waals surface area (Å²) in [5.41, 5.74) is 3.17. The second-order valence-corrected chi connectivity index (χ2v) is 8.03. The first kappa shape index (κ1) is 17.3. The molecule has 4 rings (SSSR count). The first-order chi connectivity index (χ1) is 12.6. The van der Waals surface area contributed by atoms with Crippen LogP contribution in [-0.4, -0.2) is 58.6 Å². The van der Waals surface area contributed by atoms with Crippen LogP contribution in [0.5, 0.6) is 0 Å². The summed E-state index contributed by atoms with van der Waals surface area (Å²) >= 11 is 0. The molecule has 2 aromatic rings. The van der Waals surface area contributed by atoms with Crippen molar-refractivity contribution in [2.75, 3.05) is 32.7 Å². The van der Waals surface area contributed by atoms with Crippen molar-refractivity contribution in [1.82, 2.24) is 20.0 Å². The third-order valence-corrected chi connectivity index (χ3v) is 5.95. The smallest absolute Gasteiger partial charge is 0.274 e. The lowest BCUT2D eigenvalue weighted by molar-refractivity contribution is 0.0687. The van der Waals surface area contributed by atoms with Gasteiger partial charge in [0.25, 0.3) is 5.91 Å². The number of carbonyl (C=O) groups is 1. The number of hydrogen-bond acceptors (Lipinski definition) is 3. The van der Waals surface area contributed by atoms with Crippen LogP contribution in [0.25, 0.3) is 0 Å². The number of likely N-dealkylation sites (tertiary alicyclic amines) is 2. The van der Waals surface area contributed by atoms with Gasteiger partial charge in [0.2, 0.25) is 0 Å². The molecule has 2 aliphatic heterocycles. The van der Waals surface area contributed by atoms with Crippen molar-refractivity contribution in [3.8, 4) is 0 Å². The van der Waals surface area contributed by atoms with E-state index in [0.29, 0.717) is 5.69 Å². The Balaban J connectivity index is 1.35. The van der Waals surface area contributed by atoms with E-state index in [1.165, 1.54) is 24.9 Å². The third-order valence-electron chi connectivity index (χ3n) is 5.95. The molecule has 138 valence electrons. The van der Waals surface area contributed by atoms with E-state index in [1.54, 1.807) is 0 Å². The molecule has 2 fully saturated rings. The van der Waals surface area contributed by atoms with Crippen LogP contribution in [0.3, 0.4) is 0 Å². The molecule has 0 unspecified atom stereocenters. The second-order valence-electron chi connectivity index (χ2n) is 8.03. The number of nitrogens with one attached hydrogen (secondary N) is 1. The fourth-order valence-electron chi connectivity index (χ4n) is 4.56. The predicted octanol–water partition coefficient (Wildman–Crippen LogP) is 2.89. The van der Waals surface area contributed by atoms with Gasteiger partial charge in [0.15, 0.2) is 0 Å². The maximum absolute atomic E-state index is 12.7. The monoisotopic (exact) mass is 352 g/mol. The van der Waals surface area contributed by atoms with Gasteiger partial charge in [0.1, 0.15) is 5.69 Å². The maximum atomic E-state index is 12.7. The van der Waals surface area contributed by atoms with E-state index < -0.39 is 0 Å². The molecule has 1 spiro atoms. The van der Waals surface area contributed by atoms with Gasteiger partial charge in [-0.25, -0.2) is 0 Å². The van der Waals surface area contributed by atoms with Crippen LogP contribution < -0.4 is 0 Å². The lowest BCUT2D eigenvalue weighted by Crippen LogP contribution is -2.46. The molecule has 0 saturated carbocycles. The molecule has 1 N–H and O–H groups in total. The highest BCUT2D eigenvalue weighted by atomic mass is 16.2. The molecule has 2 aliphatic rings. The number of nitrogens with zero attached hydrogens (tertiary/aromatic N) is 3. The van der Waals surface area contributed by atoms with E-state index in [0.717, 1.165) is 44.7 Å². The molecule has 1 atom stereocenters. The Hall–Kier alpha value is -2.14. The third kappa shape index (κ3) is 3.68. The number of aromatic amines is 1. The van der Waals surface area contributed by atoms with Crippen molar-refractivity contribution in [3.05, 3.63) is 53.3 Å². The molecular formula is C21H28N4O. The van der Waals surface area contributed by atoms with Crippen molar-refractivity contribution in [3.63, 3.8) is 0 Å². The summed E-state index contributed by atoms with van der Waals surface area (Å²) in [5, 5.41) is 7.02. The van der Waals surface area contributed by atoms with Crippen LogP contribution in [-0.2, 0) is 6.42 Å². The number of amides is 1. The Morgan fingerprint density at radius 1 is 1.19 bits per heavy atom. The first-order valence-electron chi connectivity index (χ1n) is 9.71. The zero-order chi connectivity index (χ0) is 18.0. The normalized spacial score (nSPS) is 23.7. The summed E-state index contributed by atoms with van der Waals surface area (Å²) < 4.78 is 0. The number of carbonyl (C=O) groups excluding carboxylic acids is 1. The minimum Gasteiger partial charge on any atom is -0.337 e. The summed E-state index contributed by atoms with van der Waals surface area (Å²) in [6, 6.07) is 12.6. The van der Waals surface area contributed by atoms with E-state index in [4.69, 9.17) is 0 Å². The van der Waals surface area contributed by atoms with Gasteiger partial charge >= 0.3 is 0 Å². The summed E-state index contributed by atoms with van der Waals surface area (Å²) in [7, 11) is 0. The summed E-state index contributed by atoms with van der Waals surface area (Å²) in [4.78, 5) is 17.3. The number of H-pyrrole nitrogens is 1. The number of piperidine rings is 1. The molecule has 0 bridgehead atoms. The largest absolute Gasteiger partial charge is 0.337 e. The SMILES string of the molecule is Cc1cc(C(=O)N2CC[C@@]3(CCCN(CCc4ccccc4)C3)C2)n[nH]1. The van der Waals surface area contributed by atoms with Gasteiger partial charge in [-0.2, -0.15) is 5.10 Å². The average Bonchev–Trinajstić information content (AvgIpc) is 3.27. The van der Waals surface area contributed by atoms with Gasteiger partial charge in [-0.05, 0) is 50.8 Å². The van der Waals surface area contributed by atoms with Gasteiger partial charge in [-0.1, -0.05) is 30.3 Å². The molecule has 26 heavy (non-hydrogen) atoms. The molecule has 0 radical (unpaired) electrons. The van der Waals surface area contributed by atoms with Gasteiger partial charge in [-0.3, -0.25) is 9.89 Å². The Morgan fingerprint density at radius 2 is 2.04 bits per heavy atom. The van der Waals surface area contributed by atoms with Crippen LogP contribution in [0.15, 0.2) is 36.4 Å². The van der Waals surface area contributed by atoms with Crippen molar-refractivity contribution < 1.29 is 4.79 Å². The molecule has 1 amide bonds. The van der Waals surface area contributed by atoms with Crippen LogP contribution in [0, 0.1) is 12.3 Å². The van der Waals surface area contributed by atoms with E-state index in [9.17, 15) is 4.79 Å². The second kappa shape index (κ2) is 7.23. The Labute approximate surface area is 155 Å². The lowest BCUT2D eigenvalue weighted by Gasteiger charge is -2.40. The fourth-order valence-corrected chi connectivity index (χ4v) is 4.56. The molecule has 5 nitrogen and oxygen atoms in total. The number of aryl methyl sites for hydroxylation is 1. The number of rotatable bonds is 4. The molecule has 1 aromatic carbocycles. The minimum atomic E-state index is 0.0765. The Morgan fingerprint density at radius 3 is 2.81 bits per heavy atom. The van der Waals surface area contributed by atoms with Gasteiger partial charge in [-0.15, -0.1) is 0 Å². The first-order valence-corrected chi connectivity index (χ1v) is 9.71.